The minimum Gasteiger partial charge on any atom is -0.326 e. The molecule has 2 aliphatic heterocycles. The summed E-state index contributed by atoms with van der Waals surface area (Å²) in [5.74, 6) is 0.0409. The molecule has 0 unspecified atom stereocenters. The van der Waals surface area contributed by atoms with Crippen LogP contribution < -0.4 is 4.72 Å². The monoisotopic (exact) mass is 309 g/mol. The Morgan fingerprint density at radius 3 is 2.57 bits per heavy atom. The van der Waals surface area contributed by atoms with Gasteiger partial charge >= 0.3 is 0 Å². The van der Waals surface area contributed by atoms with E-state index in [1.54, 1.807) is 4.90 Å². The molecule has 3 rings (SSSR count). The van der Waals surface area contributed by atoms with Gasteiger partial charge in [-0.1, -0.05) is 30.3 Å². The van der Waals surface area contributed by atoms with Crippen LogP contribution in [0.5, 0.6) is 0 Å². The number of carbonyl (C=O) groups is 1. The van der Waals surface area contributed by atoms with Gasteiger partial charge in [0.1, 0.15) is 0 Å². The second-order valence-electron chi connectivity index (χ2n) is 5.44. The highest BCUT2D eigenvalue weighted by Crippen LogP contribution is 2.21. The van der Waals surface area contributed by atoms with Crippen molar-refractivity contribution in [3.8, 4) is 0 Å². The molecule has 114 valence electrons. The first-order valence-electron chi connectivity index (χ1n) is 7.17. The number of nitrogens with zero attached hydrogens (tertiary/aromatic N) is 2. The summed E-state index contributed by atoms with van der Waals surface area (Å²) in [6.07, 6.45) is 1.56. The lowest BCUT2D eigenvalue weighted by molar-refractivity contribution is -0.130. The third kappa shape index (κ3) is 3.09. The van der Waals surface area contributed by atoms with Crippen LogP contribution >= 0.6 is 0 Å². The number of likely N-dealkylation sites (tertiary alicyclic amines) is 1. The Morgan fingerprint density at radius 2 is 1.95 bits per heavy atom. The predicted molar refractivity (Wildman–Crippen MR) is 78.3 cm³/mol. The Morgan fingerprint density at radius 1 is 1.19 bits per heavy atom. The molecular formula is C14H19N3O3S. The summed E-state index contributed by atoms with van der Waals surface area (Å²) >= 11 is 0. The molecule has 2 aliphatic rings. The minimum absolute atomic E-state index is 0.0409. The number of hydrogen-bond donors (Lipinski definition) is 1. The second kappa shape index (κ2) is 5.75. The fraction of sp³-hybridized carbons (Fsp3) is 0.500. The Kier molecular flexibility index (Phi) is 3.97. The molecule has 2 saturated heterocycles. The van der Waals surface area contributed by atoms with Crippen LogP contribution in [0.15, 0.2) is 30.3 Å². The molecule has 0 aromatic heterocycles. The van der Waals surface area contributed by atoms with Crippen molar-refractivity contribution in [1.82, 2.24) is 13.9 Å². The predicted octanol–water partition coefficient (Wildman–Crippen LogP) is 0.675. The zero-order valence-corrected chi connectivity index (χ0v) is 12.6. The number of amides is 1. The van der Waals surface area contributed by atoms with Crippen molar-refractivity contribution in [2.24, 2.45) is 0 Å². The van der Waals surface area contributed by atoms with Gasteiger partial charge in [-0.25, -0.2) is 0 Å². The SMILES string of the molecule is O=C1CCCN1[C@H]1CCN(Cc2ccccc2)S(=O)(=O)N1. The molecule has 0 radical (unpaired) electrons. The highest BCUT2D eigenvalue weighted by atomic mass is 32.2. The fourth-order valence-electron chi connectivity index (χ4n) is 2.86. The average molecular weight is 309 g/mol. The highest BCUT2D eigenvalue weighted by Gasteiger charge is 2.37. The molecule has 1 N–H and O–H groups in total. The molecule has 1 aromatic rings. The lowest BCUT2D eigenvalue weighted by Gasteiger charge is -2.36. The summed E-state index contributed by atoms with van der Waals surface area (Å²) in [6, 6.07) is 9.51. The third-order valence-corrected chi connectivity index (χ3v) is 5.53. The van der Waals surface area contributed by atoms with Crippen LogP contribution in [0.2, 0.25) is 0 Å². The van der Waals surface area contributed by atoms with Crippen LogP contribution in [0, 0.1) is 0 Å². The maximum Gasteiger partial charge on any atom is 0.281 e. The van der Waals surface area contributed by atoms with E-state index < -0.39 is 16.4 Å². The van der Waals surface area contributed by atoms with Crippen LogP contribution in [0.4, 0.5) is 0 Å². The number of carbonyl (C=O) groups excluding carboxylic acids is 1. The first kappa shape index (κ1) is 14.5. The molecule has 7 heteroatoms. The van der Waals surface area contributed by atoms with Gasteiger partial charge in [0.15, 0.2) is 0 Å². The zero-order chi connectivity index (χ0) is 14.9. The quantitative estimate of drug-likeness (QED) is 0.892. The zero-order valence-electron chi connectivity index (χ0n) is 11.7. The van der Waals surface area contributed by atoms with Crippen molar-refractivity contribution in [2.45, 2.75) is 32.0 Å². The van der Waals surface area contributed by atoms with Crippen LogP contribution in [0.3, 0.4) is 0 Å². The van der Waals surface area contributed by atoms with E-state index in [1.807, 2.05) is 30.3 Å². The van der Waals surface area contributed by atoms with E-state index in [0.717, 1.165) is 12.0 Å². The van der Waals surface area contributed by atoms with Crippen LogP contribution in [-0.4, -0.2) is 42.8 Å². The fourth-order valence-corrected chi connectivity index (χ4v) is 4.26. The lowest BCUT2D eigenvalue weighted by atomic mass is 10.2. The molecule has 0 spiro atoms. The van der Waals surface area contributed by atoms with Gasteiger partial charge in [-0.2, -0.15) is 17.4 Å². The van der Waals surface area contributed by atoms with E-state index in [4.69, 9.17) is 0 Å². The number of hydrogen-bond acceptors (Lipinski definition) is 3. The van der Waals surface area contributed by atoms with Crippen molar-refractivity contribution in [1.29, 1.82) is 0 Å². The Hall–Kier alpha value is -1.44. The molecule has 0 aliphatic carbocycles. The molecular weight excluding hydrogens is 290 g/mol. The van der Waals surface area contributed by atoms with Crippen molar-refractivity contribution >= 4 is 16.1 Å². The summed E-state index contributed by atoms with van der Waals surface area (Å²) in [4.78, 5) is 13.4. The van der Waals surface area contributed by atoms with E-state index in [0.29, 0.717) is 32.5 Å². The van der Waals surface area contributed by atoms with E-state index in [9.17, 15) is 13.2 Å². The van der Waals surface area contributed by atoms with Crippen molar-refractivity contribution in [3.63, 3.8) is 0 Å². The largest absolute Gasteiger partial charge is 0.326 e. The molecule has 1 atom stereocenters. The lowest BCUT2D eigenvalue weighted by Crippen LogP contribution is -2.58. The molecule has 1 aromatic carbocycles. The van der Waals surface area contributed by atoms with E-state index >= 15 is 0 Å². The van der Waals surface area contributed by atoms with Crippen molar-refractivity contribution < 1.29 is 13.2 Å². The molecule has 21 heavy (non-hydrogen) atoms. The Balaban J connectivity index is 1.69. The summed E-state index contributed by atoms with van der Waals surface area (Å²) in [7, 11) is -3.54. The van der Waals surface area contributed by atoms with E-state index in [1.165, 1.54) is 4.31 Å². The van der Waals surface area contributed by atoms with Gasteiger partial charge in [-0.15, -0.1) is 0 Å². The Labute approximate surface area is 124 Å². The van der Waals surface area contributed by atoms with Crippen LogP contribution in [0.1, 0.15) is 24.8 Å². The molecule has 1 amide bonds. The normalized spacial score (nSPS) is 26.2. The summed E-state index contributed by atoms with van der Waals surface area (Å²) in [5.41, 5.74) is 0.957. The van der Waals surface area contributed by atoms with Crippen molar-refractivity contribution in [2.75, 3.05) is 13.1 Å². The van der Waals surface area contributed by atoms with Gasteiger partial charge in [-0.3, -0.25) is 4.79 Å². The van der Waals surface area contributed by atoms with E-state index in [2.05, 4.69) is 4.72 Å². The molecule has 0 saturated carbocycles. The van der Waals surface area contributed by atoms with Crippen LogP contribution in [0.25, 0.3) is 0 Å². The van der Waals surface area contributed by atoms with Gasteiger partial charge in [0, 0.05) is 26.1 Å². The molecule has 2 fully saturated rings. The van der Waals surface area contributed by atoms with Gasteiger partial charge in [-0.05, 0) is 18.4 Å². The first-order valence-corrected chi connectivity index (χ1v) is 8.61. The van der Waals surface area contributed by atoms with E-state index in [-0.39, 0.29) is 5.91 Å². The maximum absolute atomic E-state index is 12.3. The number of benzene rings is 1. The summed E-state index contributed by atoms with van der Waals surface area (Å²) < 4.78 is 28.7. The van der Waals surface area contributed by atoms with Crippen molar-refractivity contribution in [3.05, 3.63) is 35.9 Å². The number of nitrogens with one attached hydrogen (secondary N) is 1. The molecule has 2 heterocycles. The van der Waals surface area contributed by atoms with Crippen LogP contribution in [-0.2, 0) is 21.5 Å². The van der Waals surface area contributed by atoms with Gasteiger partial charge in [0.2, 0.25) is 5.91 Å². The highest BCUT2D eigenvalue weighted by molar-refractivity contribution is 7.87. The second-order valence-corrected chi connectivity index (χ2v) is 7.14. The average Bonchev–Trinajstić information content (AvgIpc) is 2.88. The first-order chi connectivity index (χ1) is 10.1. The summed E-state index contributed by atoms with van der Waals surface area (Å²) in [5, 5.41) is 0. The Bertz CT molecular complexity index is 618. The third-order valence-electron chi connectivity index (χ3n) is 3.96. The molecule has 0 bridgehead atoms. The van der Waals surface area contributed by atoms with Gasteiger partial charge in [0.05, 0.1) is 6.17 Å². The number of rotatable bonds is 3. The van der Waals surface area contributed by atoms with Gasteiger partial charge in [0.25, 0.3) is 10.2 Å². The van der Waals surface area contributed by atoms with Gasteiger partial charge < -0.3 is 4.90 Å². The minimum atomic E-state index is -3.54. The standard InChI is InChI=1S/C14H19N3O3S/c18-14-7-4-9-17(14)13-8-10-16(21(19,20)15-13)11-12-5-2-1-3-6-12/h1-3,5-6,13,15H,4,7-11H2/t13-/m0/s1. The maximum atomic E-state index is 12.3. The topological polar surface area (TPSA) is 69.7 Å². The summed E-state index contributed by atoms with van der Waals surface area (Å²) in [6.45, 7) is 1.43. The smallest absolute Gasteiger partial charge is 0.281 e. The molecule has 6 nitrogen and oxygen atoms in total.